The van der Waals surface area contributed by atoms with E-state index in [2.05, 4.69) is 0 Å². The van der Waals surface area contributed by atoms with E-state index in [-0.39, 0.29) is 15.8 Å². The third-order valence-electron chi connectivity index (χ3n) is 2.66. The Labute approximate surface area is 104 Å². The summed E-state index contributed by atoms with van der Waals surface area (Å²) < 4.78 is 32.2. The highest BCUT2D eigenvalue weighted by atomic mass is 32.2. The first-order valence-electron chi connectivity index (χ1n) is 5.12. The van der Waals surface area contributed by atoms with Gasteiger partial charge in [-0.25, -0.2) is 0 Å². The molecule has 0 aliphatic heterocycles. The summed E-state index contributed by atoms with van der Waals surface area (Å²) in [7, 11) is -4.50. The molecule has 0 unspecified atom stereocenters. The molecule has 6 heteroatoms. The second kappa shape index (κ2) is 4.08. The highest BCUT2D eigenvalue weighted by molar-refractivity contribution is 7.86. The Kier molecular flexibility index (Phi) is 2.84. The van der Waals surface area contributed by atoms with Gasteiger partial charge in [0.05, 0.1) is 0 Å². The topological polar surface area (TPSA) is 97.5 Å². The number of hydrogen-bond donors (Lipinski definition) is 2. The molecular weight excluding hydrogens is 254 g/mol. The molecule has 0 aliphatic rings. The number of fused-ring (bicyclic) bond motifs is 1. The molecule has 3 N–H and O–H groups in total. The van der Waals surface area contributed by atoms with Crippen LogP contribution in [0.1, 0.15) is 17.3 Å². The smallest absolute Gasteiger partial charge is 0.295 e. The average Bonchev–Trinajstić information content (AvgIpc) is 2.27. The van der Waals surface area contributed by atoms with Crippen molar-refractivity contribution in [3.8, 4) is 0 Å². The Balaban J connectivity index is 3.08. The van der Waals surface area contributed by atoms with Crippen LogP contribution in [0.15, 0.2) is 35.2 Å². The van der Waals surface area contributed by atoms with Gasteiger partial charge >= 0.3 is 0 Å². The van der Waals surface area contributed by atoms with Gasteiger partial charge in [-0.15, -0.1) is 0 Å². The second-order valence-corrected chi connectivity index (χ2v) is 5.28. The summed E-state index contributed by atoms with van der Waals surface area (Å²) in [6.45, 7) is 1.22. The van der Waals surface area contributed by atoms with Crippen LogP contribution >= 0.6 is 0 Å². The quantitative estimate of drug-likeness (QED) is 0.490. The van der Waals surface area contributed by atoms with E-state index in [1.165, 1.54) is 19.1 Å². The number of carbonyl (C=O) groups excluding carboxylic acids is 1. The van der Waals surface area contributed by atoms with Crippen molar-refractivity contribution in [1.82, 2.24) is 0 Å². The standard InChI is InChI=1S/C12H11NO4S/c1-7(14)10-6-11(13)8-4-2-3-5-9(8)12(10)18(15,16)17/h2-6H,13H2,1H3,(H,15,16,17). The molecule has 0 saturated carbocycles. The van der Waals surface area contributed by atoms with Crippen LogP contribution in [0.2, 0.25) is 0 Å². The lowest BCUT2D eigenvalue weighted by Crippen LogP contribution is -2.08. The maximum Gasteiger partial charge on any atom is 0.295 e. The third kappa shape index (κ3) is 1.96. The van der Waals surface area contributed by atoms with Crippen molar-refractivity contribution < 1.29 is 17.8 Å². The maximum absolute atomic E-state index is 11.5. The summed E-state index contributed by atoms with van der Waals surface area (Å²) in [5.41, 5.74) is 5.97. The van der Waals surface area contributed by atoms with Crippen molar-refractivity contribution >= 4 is 32.4 Å². The fourth-order valence-electron chi connectivity index (χ4n) is 1.92. The van der Waals surface area contributed by atoms with E-state index in [1.54, 1.807) is 18.2 Å². The highest BCUT2D eigenvalue weighted by Gasteiger charge is 2.22. The van der Waals surface area contributed by atoms with Crippen molar-refractivity contribution in [1.29, 1.82) is 0 Å². The number of carbonyl (C=O) groups is 1. The first kappa shape index (κ1) is 12.5. The molecule has 2 aromatic carbocycles. The molecule has 0 amide bonds. The number of benzene rings is 2. The number of ketones is 1. The summed E-state index contributed by atoms with van der Waals surface area (Å²) in [6, 6.07) is 7.71. The minimum Gasteiger partial charge on any atom is -0.398 e. The predicted octanol–water partition coefficient (Wildman–Crippen LogP) is 1.87. The lowest BCUT2D eigenvalue weighted by molar-refractivity contribution is 0.101. The van der Waals surface area contributed by atoms with Crippen LogP contribution in [-0.4, -0.2) is 18.8 Å². The van der Waals surface area contributed by atoms with Crippen LogP contribution in [-0.2, 0) is 10.1 Å². The van der Waals surface area contributed by atoms with Crippen LogP contribution in [0.4, 0.5) is 5.69 Å². The Morgan fingerprint density at radius 3 is 2.28 bits per heavy atom. The summed E-state index contributed by atoms with van der Waals surface area (Å²) in [6.07, 6.45) is 0. The van der Waals surface area contributed by atoms with Gasteiger partial charge in [-0.1, -0.05) is 24.3 Å². The molecule has 0 bridgehead atoms. The Morgan fingerprint density at radius 1 is 1.22 bits per heavy atom. The molecule has 0 saturated heterocycles. The van der Waals surface area contributed by atoms with Crippen LogP contribution < -0.4 is 5.73 Å². The highest BCUT2D eigenvalue weighted by Crippen LogP contribution is 2.31. The van der Waals surface area contributed by atoms with Crippen molar-refractivity contribution in [2.24, 2.45) is 0 Å². The third-order valence-corrected chi connectivity index (χ3v) is 3.62. The molecule has 0 fully saturated rings. The maximum atomic E-state index is 11.5. The Bertz CT molecular complexity index is 750. The first-order chi connectivity index (χ1) is 8.32. The second-order valence-electron chi connectivity index (χ2n) is 3.92. The molecule has 0 aliphatic carbocycles. The number of hydrogen-bond acceptors (Lipinski definition) is 4. The number of anilines is 1. The van der Waals surface area contributed by atoms with Crippen molar-refractivity contribution in [3.05, 3.63) is 35.9 Å². The van der Waals surface area contributed by atoms with Gasteiger partial charge in [0.2, 0.25) is 0 Å². The largest absolute Gasteiger partial charge is 0.398 e. The van der Waals surface area contributed by atoms with Crippen molar-refractivity contribution in [3.63, 3.8) is 0 Å². The molecule has 0 radical (unpaired) electrons. The van der Waals surface area contributed by atoms with Crippen LogP contribution in [0.5, 0.6) is 0 Å². The molecule has 5 nitrogen and oxygen atoms in total. The number of rotatable bonds is 2. The van der Waals surface area contributed by atoms with Gasteiger partial charge in [0.15, 0.2) is 5.78 Å². The predicted molar refractivity (Wildman–Crippen MR) is 68.2 cm³/mol. The average molecular weight is 265 g/mol. The van der Waals surface area contributed by atoms with E-state index in [4.69, 9.17) is 5.73 Å². The fraction of sp³-hybridized carbons (Fsp3) is 0.0833. The lowest BCUT2D eigenvalue weighted by atomic mass is 10.0. The molecule has 94 valence electrons. The molecule has 2 rings (SSSR count). The molecule has 2 aromatic rings. The molecule has 0 spiro atoms. The zero-order chi connectivity index (χ0) is 13.5. The summed E-state index contributed by atoms with van der Waals surface area (Å²) in [4.78, 5) is 11.1. The van der Waals surface area contributed by atoms with Gasteiger partial charge in [0.1, 0.15) is 4.90 Å². The SMILES string of the molecule is CC(=O)c1cc(N)c2ccccc2c1S(=O)(=O)O. The van der Waals surface area contributed by atoms with E-state index in [9.17, 15) is 17.8 Å². The van der Waals surface area contributed by atoms with E-state index in [1.807, 2.05) is 0 Å². The lowest BCUT2D eigenvalue weighted by Gasteiger charge is -2.10. The zero-order valence-corrected chi connectivity index (χ0v) is 10.4. The van der Waals surface area contributed by atoms with Gasteiger partial charge in [0, 0.05) is 22.0 Å². The van der Waals surface area contributed by atoms with E-state index in [0.717, 1.165) is 0 Å². The monoisotopic (exact) mass is 265 g/mol. The van der Waals surface area contributed by atoms with E-state index >= 15 is 0 Å². The van der Waals surface area contributed by atoms with E-state index < -0.39 is 15.9 Å². The summed E-state index contributed by atoms with van der Waals surface area (Å²) in [5, 5.41) is 0.723. The van der Waals surface area contributed by atoms with Crippen LogP contribution in [0.3, 0.4) is 0 Å². The minimum atomic E-state index is -4.50. The van der Waals surface area contributed by atoms with Gasteiger partial charge in [-0.05, 0) is 13.0 Å². The molecule has 0 atom stereocenters. The molecule has 0 aromatic heterocycles. The molecule has 0 heterocycles. The zero-order valence-electron chi connectivity index (χ0n) is 9.54. The Hall–Kier alpha value is -1.92. The Morgan fingerprint density at radius 2 is 1.78 bits per heavy atom. The van der Waals surface area contributed by atoms with Crippen molar-refractivity contribution in [2.45, 2.75) is 11.8 Å². The number of nitrogen functional groups attached to an aromatic ring is 1. The van der Waals surface area contributed by atoms with Crippen molar-refractivity contribution in [2.75, 3.05) is 5.73 Å². The molecule has 18 heavy (non-hydrogen) atoms. The normalized spacial score (nSPS) is 11.7. The van der Waals surface area contributed by atoms with Crippen LogP contribution in [0, 0.1) is 0 Å². The fourth-order valence-corrected chi connectivity index (χ4v) is 2.85. The summed E-state index contributed by atoms with van der Waals surface area (Å²) >= 11 is 0. The van der Waals surface area contributed by atoms with Gasteiger partial charge in [-0.2, -0.15) is 8.42 Å². The van der Waals surface area contributed by atoms with Crippen LogP contribution in [0.25, 0.3) is 10.8 Å². The minimum absolute atomic E-state index is 0.103. The van der Waals surface area contributed by atoms with Gasteiger partial charge in [0.25, 0.3) is 10.1 Å². The molecular formula is C12H11NO4S. The number of nitrogens with two attached hydrogens (primary N) is 1. The number of Topliss-reactive ketones (excluding diaryl/α,β-unsaturated/α-hetero) is 1. The first-order valence-corrected chi connectivity index (χ1v) is 6.56. The van der Waals surface area contributed by atoms with Gasteiger partial charge in [-0.3, -0.25) is 9.35 Å². The van der Waals surface area contributed by atoms with Gasteiger partial charge < -0.3 is 5.73 Å². The summed E-state index contributed by atoms with van der Waals surface area (Å²) in [5.74, 6) is -0.472. The van der Waals surface area contributed by atoms with E-state index in [0.29, 0.717) is 11.1 Å².